The third-order valence-corrected chi connectivity index (χ3v) is 2.24. The normalized spacial score (nSPS) is 27.1. The highest BCUT2D eigenvalue weighted by Crippen LogP contribution is 2.25. The van der Waals surface area contributed by atoms with E-state index in [1.165, 1.54) is 17.4 Å². The van der Waals surface area contributed by atoms with Gasteiger partial charge in [0.05, 0.1) is 5.92 Å². The minimum absolute atomic E-state index is 0.0692. The smallest absolute Gasteiger partial charge is 0.253 e. The number of amides is 1. The van der Waals surface area contributed by atoms with Crippen LogP contribution in [-0.2, 0) is 9.59 Å². The van der Waals surface area contributed by atoms with E-state index in [0.717, 1.165) is 0 Å². The number of rotatable bonds is 1. The van der Waals surface area contributed by atoms with E-state index in [0.29, 0.717) is 0 Å². The first-order chi connectivity index (χ1) is 6.60. The first-order valence-electron chi connectivity index (χ1n) is 4.14. The number of alkyl halides is 1. The fourth-order valence-electron chi connectivity index (χ4n) is 1.56. The minimum Gasteiger partial charge on any atom is -0.365 e. The van der Waals surface area contributed by atoms with Gasteiger partial charge in [-0.05, 0) is 6.42 Å². The Balaban J connectivity index is 2.89. The number of carbonyl (C=O) groups excluding carboxylic acids is 2. The number of carbonyl (C=O) groups is 1. The molecular formula is C8H11FN2O3. The van der Waals surface area contributed by atoms with Gasteiger partial charge in [-0.15, -0.1) is 0 Å². The van der Waals surface area contributed by atoms with E-state index < -0.39 is 18.0 Å². The van der Waals surface area contributed by atoms with Crippen molar-refractivity contribution in [2.75, 3.05) is 13.6 Å². The second kappa shape index (κ2) is 4.21. The van der Waals surface area contributed by atoms with Crippen LogP contribution in [0.15, 0.2) is 5.70 Å². The van der Waals surface area contributed by atoms with Gasteiger partial charge in [0, 0.05) is 13.6 Å². The third-order valence-electron chi connectivity index (χ3n) is 2.24. The summed E-state index contributed by atoms with van der Waals surface area (Å²) in [5.74, 6) is -0.139. The van der Waals surface area contributed by atoms with Crippen LogP contribution in [0.5, 0.6) is 0 Å². The monoisotopic (exact) mass is 202 g/mol. The summed E-state index contributed by atoms with van der Waals surface area (Å²) < 4.78 is 13.0. The summed E-state index contributed by atoms with van der Waals surface area (Å²) in [6.45, 7) is 0.0692. The number of nitrogens with zero attached hydrogens (tertiary/aromatic N) is 1. The highest BCUT2D eigenvalue weighted by atomic mass is 19.1. The Bertz CT molecular complexity index is 288. The number of hydroxylamine groups is 1. The van der Waals surface area contributed by atoms with E-state index in [4.69, 9.17) is 5.21 Å². The third kappa shape index (κ3) is 1.92. The Morgan fingerprint density at radius 3 is 2.93 bits per heavy atom. The SMILES string of the molecule is CN1CC(F)CC(C(=O)NO)C1=C=O. The van der Waals surface area contributed by atoms with E-state index in [2.05, 4.69) is 0 Å². The van der Waals surface area contributed by atoms with Gasteiger partial charge in [0.25, 0.3) is 5.91 Å². The molecule has 1 aliphatic rings. The molecule has 2 unspecified atom stereocenters. The topological polar surface area (TPSA) is 69.6 Å². The molecule has 14 heavy (non-hydrogen) atoms. The highest BCUT2D eigenvalue weighted by molar-refractivity contribution is 5.83. The number of nitrogens with one attached hydrogen (secondary N) is 1. The van der Waals surface area contributed by atoms with Crippen LogP contribution in [0, 0.1) is 5.92 Å². The van der Waals surface area contributed by atoms with Gasteiger partial charge in [0.15, 0.2) is 0 Å². The molecule has 78 valence electrons. The van der Waals surface area contributed by atoms with Crippen molar-refractivity contribution >= 4 is 11.8 Å². The van der Waals surface area contributed by atoms with E-state index in [1.807, 2.05) is 0 Å². The van der Waals surface area contributed by atoms with Gasteiger partial charge in [0.2, 0.25) is 0 Å². The summed E-state index contributed by atoms with van der Waals surface area (Å²) in [5, 5.41) is 8.39. The van der Waals surface area contributed by atoms with Crippen molar-refractivity contribution in [2.45, 2.75) is 12.6 Å². The maximum atomic E-state index is 13.0. The molecule has 0 radical (unpaired) electrons. The molecule has 1 saturated heterocycles. The zero-order chi connectivity index (χ0) is 10.7. The number of halogens is 1. The van der Waals surface area contributed by atoms with Crippen LogP contribution in [0.1, 0.15) is 6.42 Å². The van der Waals surface area contributed by atoms with Crippen molar-refractivity contribution in [3.63, 3.8) is 0 Å². The van der Waals surface area contributed by atoms with Gasteiger partial charge in [-0.2, -0.15) is 0 Å². The van der Waals surface area contributed by atoms with E-state index in [1.54, 1.807) is 5.94 Å². The van der Waals surface area contributed by atoms with Crippen molar-refractivity contribution in [1.29, 1.82) is 0 Å². The van der Waals surface area contributed by atoms with Crippen molar-refractivity contribution < 1.29 is 19.2 Å². The summed E-state index contributed by atoms with van der Waals surface area (Å²) in [6.07, 6.45) is -1.28. The van der Waals surface area contributed by atoms with E-state index in [9.17, 15) is 14.0 Å². The minimum atomic E-state index is -1.18. The van der Waals surface area contributed by atoms with Gasteiger partial charge in [-0.3, -0.25) is 10.0 Å². The molecule has 2 N–H and O–H groups in total. The van der Waals surface area contributed by atoms with Crippen molar-refractivity contribution in [3.05, 3.63) is 5.70 Å². The molecule has 0 aliphatic carbocycles. The maximum Gasteiger partial charge on any atom is 0.253 e. The van der Waals surface area contributed by atoms with Crippen molar-refractivity contribution in [3.8, 4) is 0 Å². The molecule has 1 rings (SSSR count). The number of hydrogen-bond donors (Lipinski definition) is 2. The maximum absolute atomic E-state index is 13.0. The molecule has 6 heteroatoms. The zero-order valence-electron chi connectivity index (χ0n) is 7.66. The first kappa shape index (κ1) is 10.7. The highest BCUT2D eigenvalue weighted by Gasteiger charge is 2.35. The van der Waals surface area contributed by atoms with Crippen LogP contribution in [0.3, 0.4) is 0 Å². The fraction of sp³-hybridized carbons (Fsp3) is 0.625. The van der Waals surface area contributed by atoms with Gasteiger partial charge >= 0.3 is 0 Å². The lowest BCUT2D eigenvalue weighted by Crippen LogP contribution is -2.43. The molecule has 1 fully saturated rings. The van der Waals surface area contributed by atoms with Crippen LogP contribution < -0.4 is 5.48 Å². The molecule has 1 heterocycles. The van der Waals surface area contributed by atoms with Gasteiger partial charge < -0.3 is 4.90 Å². The van der Waals surface area contributed by atoms with Crippen LogP contribution in [0.4, 0.5) is 4.39 Å². The van der Waals surface area contributed by atoms with E-state index in [-0.39, 0.29) is 18.7 Å². The van der Waals surface area contributed by atoms with Crippen molar-refractivity contribution in [1.82, 2.24) is 10.4 Å². The molecule has 5 nitrogen and oxygen atoms in total. The average Bonchev–Trinajstić information content (AvgIpc) is 2.15. The second-order valence-electron chi connectivity index (χ2n) is 3.23. The Morgan fingerprint density at radius 1 is 1.79 bits per heavy atom. The molecule has 0 bridgehead atoms. The molecule has 0 aromatic rings. The van der Waals surface area contributed by atoms with Crippen molar-refractivity contribution in [2.24, 2.45) is 5.92 Å². The summed E-state index contributed by atoms with van der Waals surface area (Å²) in [5.41, 5.74) is 1.48. The Labute approximate surface area is 80.1 Å². The summed E-state index contributed by atoms with van der Waals surface area (Å²) in [7, 11) is 1.50. The Kier molecular flexibility index (Phi) is 3.22. The van der Waals surface area contributed by atoms with Gasteiger partial charge in [0.1, 0.15) is 17.8 Å². The lowest BCUT2D eigenvalue weighted by molar-refractivity contribution is -0.134. The Morgan fingerprint density at radius 2 is 2.43 bits per heavy atom. The molecular weight excluding hydrogens is 191 g/mol. The molecule has 1 amide bonds. The fourth-order valence-corrected chi connectivity index (χ4v) is 1.56. The lowest BCUT2D eigenvalue weighted by atomic mass is 9.93. The molecule has 2 atom stereocenters. The van der Waals surface area contributed by atoms with Gasteiger partial charge in [-0.1, -0.05) is 0 Å². The van der Waals surface area contributed by atoms with Gasteiger partial charge in [-0.25, -0.2) is 14.7 Å². The van der Waals surface area contributed by atoms with Crippen LogP contribution in [0.2, 0.25) is 0 Å². The molecule has 0 aromatic carbocycles. The lowest BCUT2D eigenvalue weighted by Gasteiger charge is -2.32. The largest absolute Gasteiger partial charge is 0.365 e. The quantitative estimate of drug-likeness (QED) is 0.341. The van der Waals surface area contributed by atoms with Crippen LogP contribution in [0.25, 0.3) is 0 Å². The standard InChI is InChI=1S/C8H11FN2O3/c1-11-3-5(9)2-6(7(11)4-12)8(13)10-14/h5-6,14H,2-3H2,1H3,(H,10,13). The number of hydrogen-bond acceptors (Lipinski definition) is 4. The van der Waals surface area contributed by atoms with Crippen LogP contribution in [-0.4, -0.2) is 41.7 Å². The van der Waals surface area contributed by atoms with E-state index >= 15 is 0 Å². The summed E-state index contributed by atoms with van der Waals surface area (Å²) in [6, 6.07) is 0. The predicted molar refractivity (Wildman–Crippen MR) is 44.8 cm³/mol. The number of piperidine rings is 1. The first-order valence-corrected chi connectivity index (χ1v) is 4.14. The average molecular weight is 202 g/mol. The molecule has 0 spiro atoms. The molecule has 0 aromatic heterocycles. The zero-order valence-corrected chi connectivity index (χ0v) is 7.66. The molecule has 1 aliphatic heterocycles. The summed E-state index contributed by atoms with van der Waals surface area (Å²) >= 11 is 0. The number of likely N-dealkylation sites (tertiary alicyclic amines) is 1. The predicted octanol–water partition coefficient (Wildman–Crippen LogP) is -0.503. The molecule has 0 saturated carbocycles. The summed E-state index contributed by atoms with van der Waals surface area (Å²) in [4.78, 5) is 22.9. The Hall–Kier alpha value is -1.39. The second-order valence-corrected chi connectivity index (χ2v) is 3.23. The van der Waals surface area contributed by atoms with Crippen LogP contribution >= 0.6 is 0 Å².